The summed E-state index contributed by atoms with van der Waals surface area (Å²) in [5.41, 5.74) is 1.75. The number of rotatable bonds is 7. The van der Waals surface area contributed by atoms with Crippen molar-refractivity contribution in [3.63, 3.8) is 0 Å². The van der Waals surface area contributed by atoms with Crippen molar-refractivity contribution in [2.75, 3.05) is 33.9 Å². The van der Waals surface area contributed by atoms with Gasteiger partial charge in [0.15, 0.2) is 0 Å². The zero-order chi connectivity index (χ0) is 13.6. The van der Waals surface area contributed by atoms with Gasteiger partial charge in [-0.1, -0.05) is 25.0 Å². The Hall–Kier alpha value is -1.06. The lowest BCUT2D eigenvalue weighted by molar-refractivity contribution is 0.196. The number of hydrogen-bond donors (Lipinski definition) is 1. The van der Waals surface area contributed by atoms with Gasteiger partial charge in [-0.2, -0.15) is 0 Å². The molecule has 0 radical (unpaired) electrons. The first-order valence-corrected chi connectivity index (χ1v) is 7.15. The number of hydrogen-bond acceptors (Lipinski definition) is 3. The summed E-state index contributed by atoms with van der Waals surface area (Å²) in [7, 11) is 3.46. The highest BCUT2D eigenvalue weighted by Crippen LogP contribution is 2.41. The Morgan fingerprint density at radius 2 is 1.79 bits per heavy atom. The van der Waals surface area contributed by atoms with Gasteiger partial charge >= 0.3 is 0 Å². The summed E-state index contributed by atoms with van der Waals surface area (Å²) in [4.78, 5) is 0. The van der Waals surface area contributed by atoms with Gasteiger partial charge in [-0.05, 0) is 30.5 Å². The van der Waals surface area contributed by atoms with E-state index in [1.54, 1.807) is 14.2 Å². The van der Waals surface area contributed by atoms with Gasteiger partial charge in [0.1, 0.15) is 5.75 Å². The summed E-state index contributed by atoms with van der Waals surface area (Å²) in [5, 5.41) is 3.54. The molecule has 0 bridgehead atoms. The SMILES string of the molecule is COCCNCC1(c2ccc(OC)cc2)CCCC1. The van der Waals surface area contributed by atoms with Crippen LogP contribution in [0, 0.1) is 0 Å². The maximum Gasteiger partial charge on any atom is 0.118 e. The van der Waals surface area contributed by atoms with E-state index >= 15 is 0 Å². The quantitative estimate of drug-likeness (QED) is 0.767. The minimum atomic E-state index is 0.306. The summed E-state index contributed by atoms with van der Waals surface area (Å²) in [6.07, 6.45) is 5.22. The first-order valence-electron chi connectivity index (χ1n) is 7.15. The minimum Gasteiger partial charge on any atom is -0.497 e. The van der Waals surface area contributed by atoms with E-state index in [1.807, 2.05) is 0 Å². The van der Waals surface area contributed by atoms with Crippen LogP contribution < -0.4 is 10.1 Å². The Morgan fingerprint density at radius 3 is 2.37 bits per heavy atom. The molecule has 1 aromatic rings. The highest BCUT2D eigenvalue weighted by Gasteiger charge is 2.35. The van der Waals surface area contributed by atoms with E-state index in [0.29, 0.717) is 5.41 Å². The van der Waals surface area contributed by atoms with Crippen LogP contribution in [0.4, 0.5) is 0 Å². The number of ether oxygens (including phenoxy) is 2. The molecule has 0 spiro atoms. The minimum absolute atomic E-state index is 0.306. The summed E-state index contributed by atoms with van der Waals surface area (Å²) in [5.74, 6) is 0.934. The molecule has 1 aliphatic rings. The number of nitrogens with one attached hydrogen (secondary N) is 1. The van der Waals surface area contributed by atoms with Crippen molar-refractivity contribution < 1.29 is 9.47 Å². The van der Waals surface area contributed by atoms with E-state index < -0.39 is 0 Å². The van der Waals surface area contributed by atoms with Crippen molar-refractivity contribution >= 4 is 0 Å². The zero-order valence-corrected chi connectivity index (χ0v) is 12.1. The van der Waals surface area contributed by atoms with Crippen molar-refractivity contribution in [1.29, 1.82) is 0 Å². The molecular formula is C16H25NO2. The smallest absolute Gasteiger partial charge is 0.118 e. The van der Waals surface area contributed by atoms with Gasteiger partial charge in [-0.25, -0.2) is 0 Å². The summed E-state index contributed by atoms with van der Waals surface area (Å²) >= 11 is 0. The lowest BCUT2D eigenvalue weighted by atomic mass is 9.79. The molecule has 0 heterocycles. The van der Waals surface area contributed by atoms with Crippen LogP contribution in [0.25, 0.3) is 0 Å². The highest BCUT2D eigenvalue weighted by atomic mass is 16.5. The second-order valence-corrected chi connectivity index (χ2v) is 5.39. The maximum absolute atomic E-state index is 5.25. The zero-order valence-electron chi connectivity index (χ0n) is 12.1. The predicted octanol–water partition coefficient (Wildman–Crippen LogP) is 2.74. The van der Waals surface area contributed by atoms with Crippen LogP contribution in [-0.4, -0.2) is 33.9 Å². The molecule has 1 aromatic carbocycles. The molecule has 1 saturated carbocycles. The average molecular weight is 263 g/mol. The van der Waals surface area contributed by atoms with Crippen molar-refractivity contribution in [2.24, 2.45) is 0 Å². The molecule has 0 amide bonds. The van der Waals surface area contributed by atoms with Crippen molar-refractivity contribution in [3.05, 3.63) is 29.8 Å². The molecule has 1 aliphatic carbocycles. The molecule has 1 fully saturated rings. The third kappa shape index (κ3) is 3.48. The van der Waals surface area contributed by atoms with Gasteiger partial charge in [0.2, 0.25) is 0 Å². The standard InChI is InChI=1S/C16H25NO2/c1-18-12-11-17-13-16(9-3-4-10-16)14-5-7-15(19-2)8-6-14/h5-8,17H,3-4,9-13H2,1-2H3. The fourth-order valence-electron chi connectivity index (χ4n) is 3.07. The van der Waals surface area contributed by atoms with Gasteiger partial charge in [-0.3, -0.25) is 0 Å². The predicted molar refractivity (Wildman–Crippen MR) is 77.9 cm³/mol. The molecule has 3 nitrogen and oxygen atoms in total. The molecule has 1 N–H and O–H groups in total. The number of benzene rings is 1. The normalized spacial score (nSPS) is 17.6. The van der Waals surface area contributed by atoms with Gasteiger partial charge in [0.05, 0.1) is 13.7 Å². The molecule has 0 atom stereocenters. The Morgan fingerprint density at radius 1 is 1.11 bits per heavy atom. The Balaban J connectivity index is 2.04. The largest absolute Gasteiger partial charge is 0.497 e. The fraction of sp³-hybridized carbons (Fsp3) is 0.625. The molecule has 19 heavy (non-hydrogen) atoms. The van der Waals surface area contributed by atoms with Crippen LogP contribution in [0.5, 0.6) is 5.75 Å². The fourth-order valence-corrected chi connectivity index (χ4v) is 3.07. The van der Waals surface area contributed by atoms with E-state index in [1.165, 1.54) is 31.2 Å². The molecule has 0 aromatic heterocycles. The van der Waals surface area contributed by atoms with Gasteiger partial charge < -0.3 is 14.8 Å². The van der Waals surface area contributed by atoms with Gasteiger partial charge in [0.25, 0.3) is 0 Å². The molecule has 0 unspecified atom stereocenters. The second-order valence-electron chi connectivity index (χ2n) is 5.39. The van der Waals surface area contributed by atoms with E-state index in [9.17, 15) is 0 Å². The lowest BCUT2D eigenvalue weighted by Crippen LogP contribution is -2.37. The van der Waals surface area contributed by atoms with E-state index in [2.05, 4.69) is 29.6 Å². The van der Waals surface area contributed by atoms with Crippen LogP contribution in [0.15, 0.2) is 24.3 Å². The first-order chi connectivity index (χ1) is 9.30. The molecule has 0 aliphatic heterocycles. The lowest BCUT2D eigenvalue weighted by Gasteiger charge is -2.30. The number of methoxy groups -OCH3 is 2. The third-order valence-electron chi connectivity index (χ3n) is 4.21. The van der Waals surface area contributed by atoms with Crippen molar-refractivity contribution in [3.8, 4) is 5.75 Å². The summed E-state index contributed by atoms with van der Waals surface area (Å²) in [6.45, 7) is 2.75. The van der Waals surface area contributed by atoms with Crippen LogP contribution in [-0.2, 0) is 10.2 Å². The second kappa shape index (κ2) is 6.92. The van der Waals surface area contributed by atoms with Crippen molar-refractivity contribution in [2.45, 2.75) is 31.1 Å². The summed E-state index contributed by atoms with van der Waals surface area (Å²) in [6, 6.07) is 8.60. The third-order valence-corrected chi connectivity index (χ3v) is 4.21. The van der Waals surface area contributed by atoms with E-state index in [4.69, 9.17) is 9.47 Å². The molecule has 2 rings (SSSR count). The highest BCUT2D eigenvalue weighted by molar-refractivity contribution is 5.33. The first kappa shape index (κ1) is 14.4. The van der Waals surface area contributed by atoms with E-state index in [0.717, 1.165) is 25.4 Å². The molecule has 0 saturated heterocycles. The van der Waals surface area contributed by atoms with Gasteiger partial charge in [0, 0.05) is 25.6 Å². The summed E-state index contributed by atoms with van der Waals surface area (Å²) < 4.78 is 10.3. The molecular weight excluding hydrogens is 238 g/mol. The van der Waals surface area contributed by atoms with Crippen molar-refractivity contribution in [1.82, 2.24) is 5.32 Å². The Bertz CT molecular complexity index is 369. The van der Waals surface area contributed by atoms with Crippen LogP contribution in [0.3, 0.4) is 0 Å². The Labute approximate surface area is 116 Å². The van der Waals surface area contributed by atoms with Gasteiger partial charge in [-0.15, -0.1) is 0 Å². The van der Waals surface area contributed by atoms with Crippen LogP contribution in [0.2, 0.25) is 0 Å². The Kier molecular flexibility index (Phi) is 5.23. The van der Waals surface area contributed by atoms with Crippen LogP contribution >= 0.6 is 0 Å². The monoisotopic (exact) mass is 263 g/mol. The molecule has 3 heteroatoms. The topological polar surface area (TPSA) is 30.5 Å². The van der Waals surface area contributed by atoms with Crippen LogP contribution in [0.1, 0.15) is 31.2 Å². The average Bonchev–Trinajstić information content (AvgIpc) is 2.94. The molecule has 106 valence electrons. The van der Waals surface area contributed by atoms with E-state index in [-0.39, 0.29) is 0 Å². The maximum atomic E-state index is 5.25.